The molecule has 116 valence electrons. The lowest BCUT2D eigenvalue weighted by atomic mass is 9.98. The third kappa shape index (κ3) is 4.28. The predicted molar refractivity (Wildman–Crippen MR) is 79.7 cm³/mol. The number of nitrogens with zero attached hydrogens (tertiary/aromatic N) is 2. The number of hydrogen-bond acceptors (Lipinski definition) is 5. The first-order valence-electron chi connectivity index (χ1n) is 7.64. The Morgan fingerprint density at radius 3 is 2.45 bits per heavy atom. The molecule has 5 nitrogen and oxygen atoms in total. The van der Waals surface area contributed by atoms with Gasteiger partial charge in [0, 0.05) is 13.2 Å². The molecule has 0 radical (unpaired) electrons. The van der Waals surface area contributed by atoms with Gasteiger partial charge in [0.1, 0.15) is 6.10 Å². The molecule has 3 atom stereocenters. The summed E-state index contributed by atoms with van der Waals surface area (Å²) in [6.45, 7) is 11.7. The third-order valence-electron chi connectivity index (χ3n) is 3.65. The van der Waals surface area contributed by atoms with Gasteiger partial charge in [-0.15, -0.1) is 0 Å². The Morgan fingerprint density at radius 2 is 1.95 bits per heavy atom. The second-order valence-electron chi connectivity index (χ2n) is 5.65. The van der Waals surface area contributed by atoms with E-state index in [1.165, 1.54) is 0 Å². The smallest absolute Gasteiger partial charge is 0.231 e. The molecule has 0 aromatic carbocycles. The van der Waals surface area contributed by atoms with E-state index in [2.05, 4.69) is 50.1 Å². The largest absolute Gasteiger partial charge is 0.373 e. The lowest BCUT2D eigenvalue weighted by Gasteiger charge is -2.20. The third-order valence-corrected chi connectivity index (χ3v) is 3.65. The summed E-state index contributed by atoms with van der Waals surface area (Å²) in [4.78, 5) is 4.56. The van der Waals surface area contributed by atoms with Gasteiger partial charge in [-0.1, -0.05) is 32.9 Å². The molecule has 0 bridgehead atoms. The van der Waals surface area contributed by atoms with Gasteiger partial charge in [-0.3, -0.25) is 0 Å². The zero-order valence-corrected chi connectivity index (χ0v) is 13.6. The standard InChI is InChI=1S/C15H29N3O2/c1-7-9-16-11(5)12(8-2)15-17-14(18-20-15)13(19-6)10(3)4/h10-13,16H,7-9H2,1-6H3. The van der Waals surface area contributed by atoms with Gasteiger partial charge in [0.2, 0.25) is 11.7 Å². The van der Waals surface area contributed by atoms with Gasteiger partial charge in [0.25, 0.3) is 0 Å². The first-order valence-corrected chi connectivity index (χ1v) is 7.64. The van der Waals surface area contributed by atoms with Crippen LogP contribution in [0, 0.1) is 5.92 Å². The van der Waals surface area contributed by atoms with Crippen LogP contribution < -0.4 is 5.32 Å². The van der Waals surface area contributed by atoms with Gasteiger partial charge < -0.3 is 14.6 Å². The summed E-state index contributed by atoms with van der Waals surface area (Å²) in [5.74, 6) is 1.92. The SMILES string of the molecule is CCCNC(C)C(CC)c1nc(C(OC)C(C)C)no1. The van der Waals surface area contributed by atoms with E-state index < -0.39 is 0 Å². The van der Waals surface area contributed by atoms with Crippen LogP contribution in [0.15, 0.2) is 4.52 Å². The number of methoxy groups -OCH3 is 1. The quantitative estimate of drug-likeness (QED) is 0.753. The lowest BCUT2D eigenvalue weighted by Crippen LogP contribution is -2.32. The minimum atomic E-state index is -0.107. The Balaban J connectivity index is 2.82. The van der Waals surface area contributed by atoms with Crippen LogP contribution in [-0.4, -0.2) is 29.8 Å². The number of nitrogens with one attached hydrogen (secondary N) is 1. The van der Waals surface area contributed by atoms with Crippen molar-refractivity contribution in [2.75, 3.05) is 13.7 Å². The maximum atomic E-state index is 5.47. The fourth-order valence-corrected chi connectivity index (χ4v) is 2.45. The number of hydrogen-bond donors (Lipinski definition) is 1. The van der Waals surface area contributed by atoms with Crippen molar-refractivity contribution in [3.63, 3.8) is 0 Å². The van der Waals surface area contributed by atoms with E-state index in [9.17, 15) is 0 Å². The van der Waals surface area contributed by atoms with Crippen LogP contribution in [0.1, 0.15) is 71.2 Å². The van der Waals surface area contributed by atoms with E-state index in [-0.39, 0.29) is 12.0 Å². The molecular formula is C15H29N3O2. The topological polar surface area (TPSA) is 60.2 Å². The van der Waals surface area contributed by atoms with Crippen LogP contribution in [-0.2, 0) is 4.74 Å². The summed E-state index contributed by atoms with van der Waals surface area (Å²) >= 11 is 0. The van der Waals surface area contributed by atoms with Gasteiger partial charge in [0.05, 0.1) is 5.92 Å². The van der Waals surface area contributed by atoms with Crippen molar-refractivity contribution in [3.8, 4) is 0 Å². The molecule has 0 saturated heterocycles. The molecule has 1 N–H and O–H groups in total. The molecule has 0 saturated carbocycles. The summed E-state index contributed by atoms with van der Waals surface area (Å²) in [6.07, 6.45) is 1.98. The maximum Gasteiger partial charge on any atom is 0.231 e. The summed E-state index contributed by atoms with van der Waals surface area (Å²) in [7, 11) is 1.68. The van der Waals surface area contributed by atoms with E-state index in [1.54, 1.807) is 7.11 Å². The number of aromatic nitrogens is 2. The van der Waals surface area contributed by atoms with E-state index in [0.29, 0.717) is 23.7 Å². The summed E-state index contributed by atoms with van der Waals surface area (Å²) in [5.41, 5.74) is 0. The molecule has 0 fully saturated rings. The summed E-state index contributed by atoms with van der Waals surface area (Å²) < 4.78 is 10.9. The first-order chi connectivity index (χ1) is 9.54. The molecule has 1 heterocycles. The minimum Gasteiger partial charge on any atom is -0.373 e. The van der Waals surface area contributed by atoms with E-state index >= 15 is 0 Å². The van der Waals surface area contributed by atoms with E-state index in [4.69, 9.17) is 9.26 Å². The highest BCUT2D eigenvalue weighted by Gasteiger charge is 2.26. The molecule has 0 aliphatic heterocycles. The Bertz CT molecular complexity index is 379. The van der Waals surface area contributed by atoms with Crippen LogP contribution in [0.4, 0.5) is 0 Å². The molecule has 1 rings (SSSR count). The lowest BCUT2D eigenvalue weighted by molar-refractivity contribution is 0.0555. The molecule has 1 aromatic rings. The molecule has 20 heavy (non-hydrogen) atoms. The molecule has 3 unspecified atom stereocenters. The van der Waals surface area contributed by atoms with Crippen molar-refractivity contribution in [2.45, 2.75) is 65.5 Å². The minimum absolute atomic E-state index is 0.107. The van der Waals surface area contributed by atoms with Crippen molar-refractivity contribution in [2.24, 2.45) is 5.92 Å². The molecule has 0 amide bonds. The van der Waals surface area contributed by atoms with Gasteiger partial charge in [-0.05, 0) is 32.2 Å². The average molecular weight is 283 g/mol. The van der Waals surface area contributed by atoms with Crippen molar-refractivity contribution in [1.82, 2.24) is 15.5 Å². The second-order valence-corrected chi connectivity index (χ2v) is 5.65. The molecule has 0 spiro atoms. The van der Waals surface area contributed by atoms with Gasteiger partial charge in [-0.25, -0.2) is 0 Å². The Morgan fingerprint density at radius 1 is 1.25 bits per heavy atom. The molecular weight excluding hydrogens is 254 g/mol. The van der Waals surface area contributed by atoms with Crippen molar-refractivity contribution in [3.05, 3.63) is 11.7 Å². The van der Waals surface area contributed by atoms with Crippen LogP contribution in [0.3, 0.4) is 0 Å². The first kappa shape index (κ1) is 17.1. The van der Waals surface area contributed by atoms with Crippen molar-refractivity contribution >= 4 is 0 Å². The van der Waals surface area contributed by atoms with Crippen LogP contribution in [0.2, 0.25) is 0 Å². The normalized spacial score (nSPS) is 16.4. The fraction of sp³-hybridized carbons (Fsp3) is 0.867. The van der Waals surface area contributed by atoms with Gasteiger partial charge >= 0.3 is 0 Å². The molecule has 0 aliphatic carbocycles. The van der Waals surface area contributed by atoms with Crippen molar-refractivity contribution in [1.29, 1.82) is 0 Å². The van der Waals surface area contributed by atoms with E-state index in [1.807, 2.05) is 0 Å². The molecule has 1 aromatic heterocycles. The highest BCUT2D eigenvalue weighted by molar-refractivity contribution is 5.00. The fourth-order valence-electron chi connectivity index (χ4n) is 2.45. The maximum absolute atomic E-state index is 5.47. The van der Waals surface area contributed by atoms with Gasteiger partial charge in [0.15, 0.2) is 0 Å². The molecule has 0 aliphatic rings. The van der Waals surface area contributed by atoms with E-state index in [0.717, 1.165) is 19.4 Å². The van der Waals surface area contributed by atoms with Gasteiger partial charge in [-0.2, -0.15) is 4.98 Å². The Hall–Kier alpha value is -0.940. The zero-order valence-electron chi connectivity index (χ0n) is 13.6. The predicted octanol–water partition coefficient (Wildman–Crippen LogP) is 3.29. The zero-order chi connectivity index (χ0) is 15.1. The molecule has 5 heteroatoms. The number of rotatable bonds is 9. The number of ether oxygens (including phenoxy) is 1. The highest BCUT2D eigenvalue weighted by Crippen LogP contribution is 2.26. The van der Waals surface area contributed by atoms with Crippen LogP contribution in [0.25, 0.3) is 0 Å². The summed E-state index contributed by atoms with van der Waals surface area (Å²) in [6, 6.07) is 0.327. The monoisotopic (exact) mass is 283 g/mol. The Kier molecular flexibility index (Phi) is 7.16. The van der Waals surface area contributed by atoms with Crippen molar-refractivity contribution < 1.29 is 9.26 Å². The summed E-state index contributed by atoms with van der Waals surface area (Å²) in [5, 5.41) is 7.60. The second kappa shape index (κ2) is 8.37. The average Bonchev–Trinajstić information content (AvgIpc) is 2.87. The van der Waals surface area contributed by atoms with Crippen LogP contribution >= 0.6 is 0 Å². The highest BCUT2D eigenvalue weighted by atomic mass is 16.5. The Labute approximate surface area is 122 Å². The van der Waals surface area contributed by atoms with Crippen LogP contribution in [0.5, 0.6) is 0 Å².